The fourth-order valence-corrected chi connectivity index (χ4v) is 2.67. The molecule has 2 rings (SSSR count). The van der Waals surface area contributed by atoms with Gasteiger partial charge < -0.3 is 14.7 Å². The Bertz CT molecular complexity index is 629. The molecule has 1 N–H and O–H groups in total. The lowest BCUT2D eigenvalue weighted by Crippen LogP contribution is -2.18. The molecule has 0 amide bonds. The van der Waals surface area contributed by atoms with Gasteiger partial charge in [-0.3, -0.25) is 0 Å². The Morgan fingerprint density at radius 1 is 1.45 bits per heavy atom. The van der Waals surface area contributed by atoms with Gasteiger partial charge in [-0.2, -0.15) is 0 Å². The maximum atomic E-state index is 10.8. The van der Waals surface area contributed by atoms with E-state index in [0.29, 0.717) is 19.0 Å². The minimum Gasteiger partial charge on any atom is -0.476 e. The number of thiazole rings is 1. The van der Waals surface area contributed by atoms with Crippen molar-refractivity contribution in [1.29, 1.82) is 0 Å². The van der Waals surface area contributed by atoms with Crippen LogP contribution in [0.3, 0.4) is 0 Å². The second-order valence-corrected chi connectivity index (χ2v) is 5.59. The van der Waals surface area contributed by atoms with Gasteiger partial charge in [-0.25, -0.2) is 19.7 Å². The average molecular weight is 322 g/mol. The van der Waals surface area contributed by atoms with Crippen LogP contribution in [0.25, 0.3) is 0 Å². The van der Waals surface area contributed by atoms with Gasteiger partial charge in [0, 0.05) is 19.0 Å². The van der Waals surface area contributed by atoms with E-state index in [1.54, 1.807) is 11.3 Å². The van der Waals surface area contributed by atoms with E-state index >= 15 is 0 Å². The molecule has 7 nitrogen and oxygen atoms in total. The van der Waals surface area contributed by atoms with Gasteiger partial charge in [0.1, 0.15) is 16.9 Å². The summed E-state index contributed by atoms with van der Waals surface area (Å²) < 4.78 is 5.52. The van der Waals surface area contributed by atoms with Crippen molar-refractivity contribution < 1.29 is 14.6 Å². The molecule has 0 aromatic carbocycles. The van der Waals surface area contributed by atoms with Crippen LogP contribution in [-0.4, -0.2) is 39.7 Å². The third-order valence-electron chi connectivity index (χ3n) is 2.98. The monoisotopic (exact) mass is 322 g/mol. The van der Waals surface area contributed by atoms with E-state index in [0.717, 1.165) is 10.7 Å². The highest BCUT2D eigenvalue weighted by Gasteiger charge is 2.13. The number of hydrogen-bond acceptors (Lipinski definition) is 7. The summed E-state index contributed by atoms with van der Waals surface area (Å²) in [7, 11) is 1.86. The van der Waals surface area contributed by atoms with Crippen molar-refractivity contribution in [3.8, 4) is 0 Å². The number of carboxylic acids is 1. The molecule has 0 saturated carbocycles. The molecule has 1 atom stereocenters. The van der Waals surface area contributed by atoms with Crippen LogP contribution in [0, 0.1) is 0 Å². The Kier molecular flexibility index (Phi) is 5.40. The summed E-state index contributed by atoms with van der Waals surface area (Å²) >= 11 is 1.56. The lowest BCUT2D eigenvalue weighted by Gasteiger charge is -2.16. The third-order valence-corrected chi connectivity index (χ3v) is 4.04. The normalized spacial score (nSPS) is 12.1. The molecule has 0 aliphatic rings. The first-order valence-corrected chi connectivity index (χ1v) is 7.71. The van der Waals surface area contributed by atoms with Crippen molar-refractivity contribution in [3.05, 3.63) is 34.2 Å². The molecule has 8 heteroatoms. The van der Waals surface area contributed by atoms with Gasteiger partial charge in [0.25, 0.3) is 0 Å². The number of anilines is 1. The highest BCUT2D eigenvalue weighted by Crippen LogP contribution is 2.22. The van der Waals surface area contributed by atoms with Crippen molar-refractivity contribution in [3.63, 3.8) is 0 Å². The average Bonchev–Trinajstić information content (AvgIpc) is 2.96. The van der Waals surface area contributed by atoms with Crippen LogP contribution >= 0.6 is 11.3 Å². The maximum absolute atomic E-state index is 10.8. The standard InChI is InChI=1S/C14H18N4O3S/c1-4-21-9(2)13-17-10(8-22-13)7-18(3)12-6-15-11(5-16-12)14(19)20/h5-6,8-9H,4,7H2,1-3H3,(H,19,20). The summed E-state index contributed by atoms with van der Waals surface area (Å²) in [5.74, 6) is -0.492. The highest BCUT2D eigenvalue weighted by atomic mass is 32.1. The van der Waals surface area contributed by atoms with Crippen LogP contribution in [0.1, 0.15) is 41.1 Å². The zero-order chi connectivity index (χ0) is 16.1. The summed E-state index contributed by atoms with van der Waals surface area (Å²) in [6.07, 6.45) is 2.68. The molecular formula is C14H18N4O3S. The van der Waals surface area contributed by atoms with Gasteiger partial charge in [0.15, 0.2) is 5.69 Å². The quantitative estimate of drug-likeness (QED) is 0.837. The number of carbonyl (C=O) groups is 1. The van der Waals surface area contributed by atoms with E-state index in [2.05, 4.69) is 15.0 Å². The van der Waals surface area contributed by atoms with Crippen molar-refractivity contribution in [1.82, 2.24) is 15.0 Å². The van der Waals surface area contributed by atoms with E-state index in [9.17, 15) is 4.79 Å². The zero-order valence-electron chi connectivity index (χ0n) is 12.7. The Morgan fingerprint density at radius 2 is 2.23 bits per heavy atom. The van der Waals surface area contributed by atoms with E-state index in [4.69, 9.17) is 9.84 Å². The second kappa shape index (κ2) is 7.28. The van der Waals surface area contributed by atoms with Crippen LogP contribution in [0.4, 0.5) is 5.82 Å². The molecule has 2 aromatic heterocycles. The van der Waals surface area contributed by atoms with Gasteiger partial charge in [-0.15, -0.1) is 11.3 Å². The molecule has 118 valence electrons. The number of ether oxygens (including phenoxy) is 1. The largest absolute Gasteiger partial charge is 0.476 e. The lowest BCUT2D eigenvalue weighted by molar-refractivity contribution is 0.0690. The first-order chi connectivity index (χ1) is 10.5. The van der Waals surface area contributed by atoms with Crippen LogP contribution in [0.5, 0.6) is 0 Å². The van der Waals surface area contributed by atoms with Crippen LogP contribution in [-0.2, 0) is 11.3 Å². The van der Waals surface area contributed by atoms with Gasteiger partial charge >= 0.3 is 5.97 Å². The van der Waals surface area contributed by atoms with Gasteiger partial charge in [0.2, 0.25) is 0 Å². The Labute approximate surface area is 132 Å². The molecular weight excluding hydrogens is 304 g/mol. The predicted octanol–water partition coefficient (Wildman–Crippen LogP) is 2.37. The minimum absolute atomic E-state index is 0.0105. The summed E-state index contributed by atoms with van der Waals surface area (Å²) in [6, 6.07) is 0. The summed E-state index contributed by atoms with van der Waals surface area (Å²) in [6.45, 7) is 5.15. The molecule has 0 aliphatic carbocycles. The summed E-state index contributed by atoms with van der Waals surface area (Å²) in [5, 5.41) is 11.7. The van der Waals surface area contributed by atoms with E-state index in [-0.39, 0.29) is 11.8 Å². The second-order valence-electron chi connectivity index (χ2n) is 4.70. The highest BCUT2D eigenvalue weighted by molar-refractivity contribution is 7.09. The number of rotatable bonds is 7. The Balaban J connectivity index is 2.02. The number of aromatic carboxylic acids is 1. The Morgan fingerprint density at radius 3 is 2.82 bits per heavy atom. The number of nitrogens with zero attached hydrogens (tertiary/aromatic N) is 4. The minimum atomic E-state index is -1.09. The number of aromatic nitrogens is 3. The number of carboxylic acid groups (broad SMARTS) is 1. The first-order valence-electron chi connectivity index (χ1n) is 6.83. The fraction of sp³-hybridized carbons (Fsp3) is 0.429. The third kappa shape index (κ3) is 3.99. The molecule has 0 radical (unpaired) electrons. The van der Waals surface area contributed by atoms with Crippen LogP contribution in [0.15, 0.2) is 17.8 Å². The smallest absolute Gasteiger partial charge is 0.356 e. The van der Waals surface area contributed by atoms with Gasteiger partial charge in [-0.05, 0) is 13.8 Å². The van der Waals surface area contributed by atoms with Crippen LogP contribution < -0.4 is 4.90 Å². The van der Waals surface area contributed by atoms with Gasteiger partial charge in [-0.1, -0.05) is 0 Å². The molecule has 0 saturated heterocycles. The summed E-state index contributed by atoms with van der Waals surface area (Å²) in [4.78, 5) is 25.1. The van der Waals surface area contributed by atoms with E-state index in [1.807, 2.05) is 31.2 Å². The van der Waals surface area contributed by atoms with Crippen molar-refractivity contribution in [2.24, 2.45) is 0 Å². The molecule has 0 bridgehead atoms. The molecule has 2 aromatic rings. The van der Waals surface area contributed by atoms with E-state index in [1.165, 1.54) is 12.4 Å². The molecule has 0 spiro atoms. The lowest BCUT2D eigenvalue weighted by atomic mass is 10.4. The zero-order valence-corrected chi connectivity index (χ0v) is 13.5. The summed E-state index contributed by atoms with van der Waals surface area (Å²) in [5.41, 5.74) is 0.844. The van der Waals surface area contributed by atoms with E-state index < -0.39 is 5.97 Å². The van der Waals surface area contributed by atoms with Gasteiger partial charge in [0.05, 0.1) is 24.6 Å². The molecule has 2 heterocycles. The number of hydrogen-bond donors (Lipinski definition) is 1. The first kappa shape index (κ1) is 16.3. The molecule has 0 fully saturated rings. The van der Waals surface area contributed by atoms with Crippen molar-refractivity contribution in [2.75, 3.05) is 18.6 Å². The maximum Gasteiger partial charge on any atom is 0.356 e. The van der Waals surface area contributed by atoms with Crippen LogP contribution in [0.2, 0.25) is 0 Å². The molecule has 22 heavy (non-hydrogen) atoms. The Hall–Kier alpha value is -2.06. The topological polar surface area (TPSA) is 88.4 Å². The molecule has 1 unspecified atom stereocenters. The molecule has 0 aliphatic heterocycles. The SMILES string of the molecule is CCOC(C)c1nc(CN(C)c2cnc(C(=O)O)cn2)cs1. The van der Waals surface area contributed by atoms with Crippen molar-refractivity contribution in [2.45, 2.75) is 26.5 Å². The predicted molar refractivity (Wildman–Crippen MR) is 83.3 cm³/mol. The fourth-order valence-electron chi connectivity index (χ4n) is 1.86. The van der Waals surface area contributed by atoms with Crippen molar-refractivity contribution >= 4 is 23.1 Å².